The van der Waals surface area contributed by atoms with E-state index in [1.165, 1.54) is 4.88 Å². The van der Waals surface area contributed by atoms with E-state index >= 15 is 0 Å². The molecule has 0 unspecified atom stereocenters. The van der Waals surface area contributed by atoms with Gasteiger partial charge in [0.15, 0.2) is 0 Å². The van der Waals surface area contributed by atoms with Crippen molar-refractivity contribution >= 4 is 17.0 Å². The van der Waals surface area contributed by atoms with Crippen molar-refractivity contribution in [3.05, 3.63) is 52.7 Å². The molecule has 0 spiro atoms. The first-order valence-corrected chi connectivity index (χ1v) is 5.05. The molecule has 1 nitrogen and oxygen atoms in total. The van der Waals surface area contributed by atoms with Gasteiger partial charge >= 0.3 is 0 Å². The van der Waals surface area contributed by atoms with Gasteiger partial charge in [0, 0.05) is 17.1 Å². The van der Waals surface area contributed by atoms with Crippen LogP contribution in [0, 0.1) is 6.07 Å². The molecule has 0 bridgehead atoms. The number of benzene rings is 1. The zero-order chi connectivity index (χ0) is 8.93. The van der Waals surface area contributed by atoms with Crippen LogP contribution in [-0.2, 0) is 6.54 Å². The molecular weight excluding hydrogens is 178 g/mol. The molecule has 0 aliphatic rings. The Morgan fingerprint density at radius 2 is 2.08 bits per heavy atom. The molecule has 1 heterocycles. The standard InChI is InChI=1S/C11H10NS/c1-2-5-10(6-3-1)12-9-11-7-4-8-13-11/h2-8,12H,9H2. The monoisotopic (exact) mass is 188 g/mol. The first-order chi connectivity index (χ1) is 6.45. The molecule has 1 N–H and O–H groups in total. The lowest BCUT2D eigenvalue weighted by molar-refractivity contribution is 1.19. The second-order valence-corrected chi connectivity index (χ2v) is 3.75. The Bertz CT molecular complexity index is 340. The Balaban J connectivity index is 1.94. The van der Waals surface area contributed by atoms with Gasteiger partial charge in [-0.05, 0) is 29.6 Å². The van der Waals surface area contributed by atoms with Gasteiger partial charge in [0.2, 0.25) is 0 Å². The molecule has 2 aromatic rings. The summed E-state index contributed by atoms with van der Waals surface area (Å²) in [6.45, 7) is 0.904. The van der Waals surface area contributed by atoms with Crippen LogP contribution in [0.2, 0.25) is 0 Å². The third-order valence-corrected chi connectivity index (χ3v) is 2.64. The van der Waals surface area contributed by atoms with E-state index in [0.717, 1.165) is 12.2 Å². The van der Waals surface area contributed by atoms with E-state index < -0.39 is 0 Å². The van der Waals surface area contributed by atoms with Gasteiger partial charge in [-0.1, -0.05) is 18.2 Å². The van der Waals surface area contributed by atoms with Gasteiger partial charge in [0.05, 0.1) is 0 Å². The van der Waals surface area contributed by atoms with E-state index in [9.17, 15) is 0 Å². The van der Waals surface area contributed by atoms with Crippen molar-refractivity contribution in [1.82, 2.24) is 0 Å². The van der Waals surface area contributed by atoms with Crippen LogP contribution in [0.1, 0.15) is 4.88 Å². The minimum absolute atomic E-state index is 0.904. The van der Waals surface area contributed by atoms with E-state index in [1.807, 2.05) is 24.3 Å². The van der Waals surface area contributed by atoms with Crippen molar-refractivity contribution in [2.24, 2.45) is 0 Å². The SMILES string of the molecule is [c]1ccc(NCc2cccs2)cc1. The first-order valence-electron chi connectivity index (χ1n) is 4.17. The minimum atomic E-state index is 0.904. The zero-order valence-electron chi connectivity index (χ0n) is 7.16. The van der Waals surface area contributed by atoms with Gasteiger partial charge in [0.1, 0.15) is 0 Å². The highest BCUT2D eigenvalue weighted by Crippen LogP contribution is 2.11. The number of rotatable bonds is 3. The van der Waals surface area contributed by atoms with Crippen molar-refractivity contribution < 1.29 is 0 Å². The topological polar surface area (TPSA) is 12.0 Å². The van der Waals surface area contributed by atoms with Crippen molar-refractivity contribution in [3.63, 3.8) is 0 Å². The summed E-state index contributed by atoms with van der Waals surface area (Å²) in [5, 5.41) is 5.43. The molecule has 13 heavy (non-hydrogen) atoms. The predicted octanol–water partition coefficient (Wildman–Crippen LogP) is 3.16. The fourth-order valence-electron chi connectivity index (χ4n) is 1.11. The second kappa shape index (κ2) is 4.10. The van der Waals surface area contributed by atoms with Gasteiger partial charge in [-0.2, -0.15) is 0 Å². The average Bonchev–Trinajstić information content (AvgIpc) is 2.69. The molecular formula is C11H10NS. The summed E-state index contributed by atoms with van der Waals surface area (Å²) in [4.78, 5) is 1.35. The minimum Gasteiger partial charge on any atom is -0.380 e. The van der Waals surface area contributed by atoms with Gasteiger partial charge < -0.3 is 5.32 Å². The van der Waals surface area contributed by atoms with Crippen molar-refractivity contribution in [3.8, 4) is 0 Å². The van der Waals surface area contributed by atoms with Crippen LogP contribution in [-0.4, -0.2) is 0 Å². The molecule has 0 atom stereocenters. The Kier molecular flexibility index (Phi) is 2.62. The number of thiophene rings is 1. The lowest BCUT2D eigenvalue weighted by Gasteiger charge is -2.02. The molecule has 2 heteroatoms. The summed E-state index contributed by atoms with van der Waals surface area (Å²) in [6.07, 6.45) is 0. The summed E-state index contributed by atoms with van der Waals surface area (Å²) in [5.74, 6) is 0. The maximum Gasteiger partial charge on any atom is 0.0494 e. The van der Waals surface area contributed by atoms with Crippen LogP contribution in [0.3, 0.4) is 0 Å². The third-order valence-electron chi connectivity index (χ3n) is 1.77. The van der Waals surface area contributed by atoms with Crippen molar-refractivity contribution in [2.75, 3.05) is 5.32 Å². The van der Waals surface area contributed by atoms with Crippen molar-refractivity contribution in [2.45, 2.75) is 6.54 Å². The largest absolute Gasteiger partial charge is 0.380 e. The zero-order valence-corrected chi connectivity index (χ0v) is 7.97. The predicted molar refractivity (Wildman–Crippen MR) is 56.9 cm³/mol. The number of hydrogen-bond acceptors (Lipinski definition) is 2. The van der Waals surface area contributed by atoms with Crippen LogP contribution in [0.25, 0.3) is 0 Å². The fraction of sp³-hybridized carbons (Fsp3) is 0.0909. The summed E-state index contributed by atoms with van der Waals surface area (Å²) in [6, 6.07) is 15.1. The number of nitrogens with one attached hydrogen (secondary N) is 1. The molecule has 0 saturated heterocycles. The Morgan fingerprint density at radius 3 is 2.77 bits per heavy atom. The second-order valence-electron chi connectivity index (χ2n) is 2.72. The van der Waals surface area contributed by atoms with Crippen LogP contribution in [0.4, 0.5) is 5.69 Å². The van der Waals surface area contributed by atoms with Gasteiger partial charge in [0.25, 0.3) is 0 Å². The van der Waals surface area contributed by atoms with Crippen LogP contribution >= 0.6 is 11.3 Å². The number of anilines is 1. The van der Waals surface area contributed by atoms with E-state index in [2.05, 4.69) is 28.9 Å². The first kappa shape index (κ1) is 8.32. The molecule has 0 aliphatic heterocycles. The van der Waals surface area contributed by atoms with E-state index in [1.54, 1.807) is 11.3 Å². The lowest BCUT2D eigenvalue weighted by atomic mass is 10.3. The number of hydrogen-bond donors (Lipinski definition) is 1. The molecule has 0 amide bonds. The lowest BCUT2D eigenvalue weighted by Crippen LogP contribution is -1.96. The molecule has 0 saturated carbocycles. The summed E-state index contributed by atoms with van der Waals surface area (Å²) in [5.41, 5.74) is 1.15. The summed E-state index contributed by atoms with van der Waals surface area (Å²) < 4.78 is 0. The fourth-order valence-corrected chi connectivity index (χ4v) is 1.75. The van der Waals surface area contributed by atoms with Crippen molar-refractivity contribution in [1.29, 1.82) is 0 Å². The van der Waals surface area contributed by atoms with Gasteiger partial charge in [-0.25, -0.2) is 0 Å². The van der Waals surface area contributed by atoms with Gasteiger partial charge in [-0.3, -0.25) is 0 Å². The molecule has 1 radical (unpaired) electrons. The normalized spacial score (nSPS) is 9.85. The molecule has 2 rings (SSSR count). The Hall–Kier alpha value is -1.28. The average molecular weight is 188 g/mol. The summed E-state index contributed by atoms with van der Waals surface area (Å²) >= 11 is 1.77. The quantitative estimate of drug-likeness (QED) is 0.780. The van der Waals surface area contributed by atoms with E-state index in [4.69, 9.17) is 0 Å². The molecule has 1 aromatic carbocycles. The van der Waals surface area contributed by atoms with Crippen LogP contribution in [0.5, 0.6) is 0 Å². The highest BCUT2D eigenvalue weighted by molar-refractivity contribution is 7.09. The maximum atomic E-state index is 3.34. The van der Waals surface area contributed by atoms with Gasteiger partial charge in [-0.15, -0.1) is 11.3 Å². The van der Waals surface area contributed by atoms with E-state index in [0.29, 0.717) is 0 Å². The Labute approximate surface area is 82.0 Å². The summed E-state index contributed by atoms with van der Waals surface area (Å²) in [7, 11) is 0. The molecule has 65 valence electrons. The highest BCUT2D eigenvalue weighted by atomic mass is 32.1. The highest BCUT2D eigenvalue weighted by Gasteiger charge is 1.92. The molecule has 0 fully saturated rings. The smallest absolute Gasteiger partial charge is 0.0494 e. The van der Waals surface area contributed by atoms with Crippen LogP contribution in [0.15, 0.2) is 41.8 Å². The Morgan fingerprint density at radius 1 is 1.23 bits per heavy atom. The molecule has 1 aromatic heterocycles. The third kappa shape index (κ3) is 2.33. The van der Waals surface area contributed by atoms with E-state index in [-0.39, 0.29) is 0 Å². The molecule has 0 aliphatic carbocycles. The van der Waals surface area contributed by atoms with Crippen LogP contribution < -0.4 is 5.32 Å². The maximum absolute atomic E-state index is 3.34.